The Bertz CT molecular complexity index is 8090. The molecule has 0 saturated carbocycles. The van der Waals surface area contributed by atoms with Crippen LogP contribution in [0.1, 0.15) is 39.6 Å². The van der Waals surface area contributed by atoms with Gasteiger partial charge in [-0.1, -0.05) is 17.7 Å². The molecule has 0 aromatic heterocycles. The fraction of sp³-hybridized carbons (Fsp3) is 0.0541. The molecule has 0 amide bonds. The number of hydrogen-bond donors (Lipinski definition) is 0. The van der Waals surface area contributed by atoms with Gasteiger partial charge in [0.2, 0.25) is 10.0 Å². The van der Waals surface area contributed by atoms with Crippen molar-refractivity contribution in [3.63, 3.8) is 0 Å². The minimum Gasteiger partial charge on any atom is -0.339 e. The topological polar surface area (TPSA) is 89.8 Å². The standard InChI is InChI=1S/C74H12N2O5S/c1-10-2-8-13(9-3-10)82(79,80)75-72(11-4-6-12(7-5-11)76(77)78)81-74-70-64-58-48-36-28-20-16-14-15-18-22(20)30(36)40-34-26(18)27-19(15)23-21-17(14)25-24(16)32-38(28)46-52-42(32)43-33(25)39-29(21)37-31(23)41-35(27)45-44(34)56(50(40)58)66(70)67-57(45)51(41)59-49(37)55-47(39)53(43)61-60(52)68(62(64)54(46)48)73(74,75)69(61)63(55)65(59)71(67)74/h2-9,72H,1H3. The predicted octanol–water partition coefficient (Wildman–Crippen LogP) is 18.8. The van der Waals surface area contributed by atoms with E-state index in [1.807, 2.05) is 35.5 Å². The van der Waals surface area contributed by atoms with Gasteiger partial charge in [0.05, 0.1) is 9.82 Å². The number of nitro groups is 1. The third-order valence-electron chi connectivity index (χ3n) is 27.0. The molecular formula is C74H12N2O5S. The molecule has 1 saturated heterocycles. The number of nitro benzene ring substituents is 1. The summed E-state index contributed by atoms with van der Waals surface area (Å²) in [4.78, 5) is 12.5. The summed E-state index contributed by atoms with van der Waals surface area (Å²) in [5.41, 5.74) is 3.32. The van der Waals surface area contributed by atoms with E-state index in [1.165, 1.54) is 297 Å². The van der Waals surface area contributed by atoms with E-state index < -0.39 is 27.4 Å². The Hall–Kier alpha value is -9.83. The van der Waals surface area contributed by atoms with Crippen molar-refractivity contribution in [2.75, 3.05) is 0 Å². The first-order valence-corrected chi connectivity index (χ1v) is 30.6. The number of rotatable bonds is 4. The Morgan fingerprint density at radius 1 is 0.354 bits per heavy atom. The molecule has 7 nitrogen and oxygen atoms in total. The molecule has 4 aliphatic carbocycles. The van der Waals surface area contributed by atoms with Crippen molar-refractivity contribution in [1.82, 2.24) is 4.31 Å². The number of ether oxygens (including phenoxy) is 1. The van der Waals surface area contributed by atoms with Crippen LogP contribution in [0.25, 0.3) is 291 Å². The normalized spacial score (nSPS) is 22.3. The lowest BCUT2D eigenvalue weighted by Gasteiger charge is -2.50. The highest BCUT2D eigenvalue weighted by Crippen LogP contribution is 2.87. The number of sulfonamides is 1. The van der Waals surface area contributed by atoms with E-state index in [9.17, 15) is 10.1 Å². The zero-order valence-electron chi connectivity index (χ0n) is 41.5. The molecule has 8 heteroatoms. The van der Waals surface area contributed by atoms with Gasteiger partial charge in [-0.05, 0) is 339 Å². The number of non-ortho nitro benzene ring substituents is 1. The van der Waals surface area contributed by atoms with Gasteiger partial charge in [0.25, 0.3) is 5.69 Å². The van der Waals surface area contributed by atoms with Crippen molar-refractivity contribution in [3.8, 4) is 0 Å². The monoisotopic (exact) mass is 1040 g/mol. The first-order valence-electron chi connectivity index (χ1n) is 29.2. The maximum Gasteiger partial charge on any atom is 0.269 e. The average Bonchev–Trinajstić information content (AvgIpc) is 1.39. The molecule has 1 unspecified atom stereocenters. The summed E-state index contributed by atoms with van der Waals surface area (Å²) in [5.74, 6) is 0. The summed E-state index contributed by atoms with van der Waals surface area (Å²) in [6, 6.07) is 14.2. The van der Waals surface area contributed by atoms with Crippen LogP contribution in [0.5, 0.6) is 0 Å². The van der Waals surface area contributed by atoms with Crippen molar-refractivity contribution in [2.24, 2.45) is 0 Å². The van der Waals surface area contributed by atoms with Crippen molar-refractivity contribution in [1.29, 1.82) is 0 Å². The van der Waals surface area contributed by atoms with Crippen LogP contribution in [0, 0.1) is 17.0 Å². The van der Waals surface area contributed by atoms with Crippen LogP contribution < -0.4 is 0 Å². The number of nitrogens with zero attached hydrogens (tertiary/aromatic N) is 2. The molecule has 0 bridgehead atoms. The third-order valence-corrected chi connectivity index (χ3v) is 28.8. The van der Waals surface area contributed by atoms with E-state index in [0.29, 0.717) is 5.56 Å². The summed E-state index contributed by atoms with van der Waals surface area (Å²) in [5, 5.41) is 89.5. The largest absolute Gasteiger partial charge is 0.339 e. The molecule has 30 aromatic rings. The van der Waals surface area contributed by atoms with Gasteiger partial charge in [-0.25, -0.2) is 8.42 Å². The molecule has 35 rings (SSSR count). The maximum absolute atomic E-state index is 17.6. The molecule has 1 heterocycles. The van der Waals surface area contributed by atoms with Gasteiger partial charge in [0.15, 0.2) is 11.8 Å². The fourth-order valence-electron chi connectivity index (χ4n) is 26.2. The second kappa shape index (κ2) is 7.78. The molecule has 5 aliphatic rings. The lowest BCUT2D eigenvalue weighted by molar-refractivity contribution is -0.384. The second-order valence-corrected chi connectivity index (χ2v) is 29.9. The number of hydrogen-bond acceptors (Lipinski definition) is 5. The lowest BCUT2D eigenvalue weighted by Crippen LogP contribution is -2.57. The second-order valence-electron chi connectivity index (χ2n) is 28.1. The summed E-state index contributed by atoms with van der Waals surface area (Å²) < 4.78 is 45.8. The van der Waals surface area contributed by atoms with Crippen LogP contribution in [-0.4, -0.2) is 17.6 Å². The third kappa shape index (κ3) is 1.92. The first kappa shape index (κ1) is 33.0. The minimum atomic E-state index is -4.55. The summed E-state index contributed by atoms with van der Waals surface area (Å²) in [6.07, 6.45) is -1.17. The molecule has 30 aromatic carbocycles. The first-order chi connectivity index (χ1) is 40.4. The molecule has 82 heavy (non-hydrogen) atoms. The van der Waals surface area contributed by atoms with Crippen LogP contribution >= 0.6 is 0 Å². The van der Waals surface area contributed by atoms with Crippen LogP contribution in [0.4, 0.5) is 5.69 Å². The number of benzene rings is 20. The molecular weight excluding hydrogens is 1030 g/mol. The van der Waals surface area contributed by atoms with Crippen molar-refractivity contribution in [2.45, 2.75) is 29.2 Å². The quantitative estimate of drug-likeness (QED) is 0.0995. The van der Waals surface area contributed by atoms with Gasteiger partial charge in [0, 0.05) is 23.3 Å². The average molecular weight is 1040 g/mol. The van der Waals surface area contributed by atoms with Crippen LogP contribution in [0.3, 0.4) is 0 Å². The van der Waals surface area contributed by atoms with Gasteiger partial charge in [-0.2, -0.15) is 0 Å². The SMILES string of the molecule is Cc1ccc(S(=O)(=O)N2C(c3ccc([N+](=O)[O-])cc3)OC34c5c6c7c8c9c%10c(c%11c%12c3c3c5c5c%13c6c6c7c7c9c9c%14c%10c%10c%11c%11c%12c%12c3c3c5c5c%13c%13c6c6c7c9c7c9c%14c%10c%10c%11c%11c%12c3c3c5c5c%13c6c7c6c9c%10c%11c3c56)C824)cc1. The summed E-state index contributed by atoms with van der Waals surface area (Å²) in [6.45, 7) is 2.02. The molecule has 1 atom stereocenters. The molecule has 1 aliphatic heterocycles. The highest BCUT2D eigenvalue weighted by molar-refractivity contribution is 7.89. The van der Waals surface area contributed by atoms with E-state index in [2.05, 4.69) is 0 Å². The van der Waals surface area contributed by atoms with E-state index in [4.69, 9.17) is 4.74 Å². The molecule has 0 N–H and O–H groups in total. The highest BCUT2D eigenvalue weighted by Gasteiger charge is 2.80. The molecule has 0 radical (unpaired) electrons. The smallest absolute Gasteiger partial charge is 0.269 e. The van der Waals surface area contributed by atoms with E-state index in [1.54, 1.807) is 29.7 Å². The Kier molecular flexibility index (Phi) is 3.14. The van der Waals surface area contributed by atoms with Gasteiger partial charge < -0.3 is 4.74 Å². The van der Waals surface area contributed by atoms with Crippen molar-refractivity contribution in [3.05, 3.63) is 92.0 Å². The summed E-state index contributed by atoms with van der Waals surface area (Å²) >= 11 is 0. The zero-order valence-corrected chi connectivity index (χ0v) is 42.4. The minimum absolute atomic E-state index is 0.0410. The van der Waals surface area contributed by atoms with Crippen LogP contribution in [0.2, 0.25) is 0 Å². The Balaban J connectivity index is 1.03. The Labute approximate surface area is 447 Å². The van der Waals surface area contributed by atoms with E-state index in [-0.39, 0.29) is 15.5 Å². The number of aryl methyl sites for hydroxylation is 1. The Morgan fingerprint density at radius 2 is 0.585 bits per heavy atom. The fourth-order valence-corrected chi connectivity index (χ4v) is 28.0. The van der Waals surface area contributed by atoms with Gasteiger partial charge in [0.1, 0.15) is 5.54 Å². The maximum atomic E-state index is 17.6. The molecule has 2 spiro atoms. The van der Waals surface area contributed by atoms with E-state index in [0.717, 1.165) is 16.7 Å². The lowest BCUT2D eigenvalue weighted by atomic mass is 9.60. The van der Waals surface area contributed by atoms with Crippen molar-refractivity contribution >= 4 is 307 Å². The zero-order chi connectivity index (χ0) is 50.4. The molecule has 354 valence electrons. The summed E-state index contributed by atoms with van der Waals surface area (Å²) in [7, 11) is -4.55. The van der Waals surface area contributed by atoms with E-state index >= 15 is 8.42 Å². The highest BCUT2D eigenvalue weighted by atomic mass is 32.2. The van der Waals surface area contributed by atoms with Gasteiger partial charge in [-0.15, -0.1) is 4.31 Å². The van der Waals surface area contributed by atoms with Gasteiger partial charge >= 0.3 is 0 Å². The molecule has 1 fully saturated rings. The van der Waals surface area contributed by atoms with Crippen LogP contribution in [0.15, 0.2) is 53.4 Å². The Morgan fingerprint density at radius 3 is 0.829 bits per heavy atom. The predicted molar refractivity (Wildman–Crippen MR) is 331 cm³/mol. The van der Waals surface area contributed by atoms with Crippen LogP contribution in [-0.2, 0) is 25.9 Å². The van der Waals surface area contributed by atoms with Crippen molar-refractivity contribution < 1.29 is 18.1 Å². The van der Waals surface area contributed by atoms with Gasteiger partial charge in [-0.3, -0.25) is 10.1 Å².